The quantitative estimate of drug-likeness (QED) is 0.397. The van der Waals surface area contributed by atoms with E-state index in [1.165, 1.54) is 18.6 Å². The third-order valence-electron chi connectivity index (χ3n) is 7.94. The van der Waals surface area contributed by atoms with Gasteiger partial charge in [-0.25, -0.2) is 4.39 Å². The molecule has 2 heterocycles. The maximum Gasteiger partial charge on any atom is 0.240 e. The molecule has 3 atom stereocenters. The van der Waals surface area contributed by atoms with Gasteiger partial charge < -0.3 is 29.8 Å². The molecular weight excluding hydrogens is 461 g/mol. The van der Waals surface area contributed by atoms with E-state index in [0.29, 0.717) is 33.0 Å². The summed E-state index contributed by atoms with van der Waals surface area (Å²) in [5.41, 5.74) is 8.45. The maximum absolute atomic E-state index is 13.9. The highest BCUT2D eigenvalue weighted by molar-refractivity contribution is 5.85. The molecule has 1 aromatic heterocycles. The number of nitrogens with zero attached hydrogens (tertiary/aromatic N) is 1. The Balaban J connectivity index is 1.47. The van der Waals surface area contributed by atoms with Crippen molar-refractivity contribution in [2.45, 2.75) is 69.4 Å². The number of hydrogen-bond acceptors (Lipinski definition) is 5. The number of likely N-dealkylation sites (tertiary alicyclic amines) is 1. The van der Waals surface area contributed by atoms with E-state index in [-0.39, 0.29) is 29.6 Å². The summed E-state index contributed by atoms with van der Waals surface area (Å²) < 4.78 is 30.3. The third kappa shape index (κ3) is 6.65. The SMILES string of the molecule is COCCOCCOCCC(c1c[nH]c2cc(F)ccc12)C1CCCN1C(=O)C(N)C1CCCCC1. The van der Waals surface area contributed by atoms with Gasteiger partial charge in [0.1, 0.15) is 5.82 Å². The molecule has 36 heavy (non-hydrogen) atoms. The Bertz CT molecular complexity index is 961. The van der Waals surface area contributed by atoms with Crippen molar-refractivity contribution >= 4 is 16.8 Å². The van der Waals surface area contributed by atoms with Gasteiger partial charge in [0.25, 0.3) is 0 Å². The molecule has 1 aromatic carbocycles. The van der Waals surface area contributed by atoms with Gasteiger partial charge in [0, 0.05) is 49.3 Å². The molecular formula is C28H42FN3O4. The highest BCUT2D eigenvalue weighted by Crippen LogP contribution is 2.38. The Morgan fingerprint density at radius 2 is 1.83 bits per heavy atom. The summed E-state index contributed by atoms with van der Waals surface area (Å²) >= 11 is 0. The average molecular weight is 504 g/mol. The monoisotopic (exact) mass is 503 g/mol. The molecule has 0 bridgehead atoms. The van der Waals surface area contributed by atoms with Crippen molar-refractivity contribution in [2.75, 3.05) is 46.7 Å². The number of H-pyrrole nitrogens is 1. The van der Waals surface area contributed by atoms with Crippen molar-refractivity contribution in [1.29, 1.82) is 0 Å². The second kappa shape index (κ2) is 13.5. The zero-order valence-electron chi connectivity index (χ0n) is 21.6. The van der Waals surface area contributed by atoms with E-state index in [0.717, 1.165) is 68.0 Å². The van der Waals surface area contributed by atoms with Gasteiger partial charge in [-0.2, -0.15) is 0 Å². The smallest absolute Gasteiger partial charge is 0.240 e. The molecule has 0 radical (unpaired) electrons. The van der Waals surface area contributed by atoms with Crippen molar-refractivity contribution in [3.05, 3.63) is 35.8 Å². The van der Waals surface area contributed by atoms with Crippen LogP contribution in [0.3, 0.4) is 0 Å². The molecule has 3 unspecified atom stereocenters. The molecule has 1 aliphatic carbocycles. The number of halogens is 1. The number of rotatable bonds is 13. The van der Waals surface area contributed by atoms with E-state index in [4.69, 9.17) is 19.9 Å². The summed E-state index contributed by atoms with van der Waals surface area (Å²) in [4.78, 5) is 18.9. The van der Waals surface area contributed by atoms with E-state index >= 15 is 0 Å². The lowest BCUT2D eigenvalue weighted by Crippen LogP contribution is -2.51. The van der Waals surface area contributed by atoms with Crippen LogP contribution in [0.2, 0.25) is 0 Å². The number of benzene rings is 1. The average Bonchev–Trinajstić information content (AvgIpc) is 3.55. The largest absolute Gasteiger partial charge is 0.382 e. The van der Waals surface area contributed by atoms with E-state index < -0.39 is 6.04 Å². The first kappa shape index (κ1) is 27.0. The van der Waals surface area contributed by atoms with Gasteiger partial charge >= 0.3 is 0 Å². The highest BCUT2D eigenvalue weighted by atomic mass is 19.1. The number of fused-ring (bicyclic) bond motifs is 1. The fourth-order valence-corrected chi connectivity index (χ4v) is 6.03. The Labute approximate surface area is 213 Å². The number of carbonyl (C=O) groups is 1. The molecule has 1 aliphatic heterocycles. The molecule has 8 heteroatoms. The van der Waals surface area contributed by atoms with Crippen molar-refractivity contribution in [3.63, 3.8) is 0 Å². The summed E-state index contributed by atoms with van der Waals surface area (Å²) in [6, 6.07) is 4.49. The van der Waals surface area contributed by atoms with Crippen LogP contribution in [0, 0.1) is 11.7 Å². The van der Waals surface area contributed by atoms with Crippen LogP contribution in [0.5, 0.6) is 0 Å². The van der Waals surface area contributed by atoms with Gasteiger partial charge in [0.2, 0.25) is 5.91 Å². The van der Waals surface area contributed by atoms with Gasteiger partial charge in [0.05, 0.1) is 32.5 Å². The number of aromatic nitrogens is 1. The van der Waals surface area contributed by atoms with E-state index in [1.54, 1.807) is 7.11 Å². The fourth-order valence-electron chi connectivity index (χ4n) is 6.03. The predicted octanol–water partition coefficient (Wildman–Crippen LogP) is 4.36. The number of hydrogen-bond donors (Lipinski definition) is 2. The number of aromatic amines is 1. The minimum Gasteiger partial charge on any atom is -0.382 e. The summed E-state index contributed by atoms with van der Waals surface area (Å²) in [6.07, 6.45) is 10.3. The molecule has 7 nitrogen and oxygen atoms in total. The Morgan fingerprint density at radius 3 is 2.61 bits per heavy atom. The van der Waals surface area contributed by atoms with Crippen molar-refractivity contribution in [1.82, 2.24) is 9.88 Å². The van der Waals surface area contributed by atoms with Crippen LogP contribution >= 0.6 is 0 Å². The third-order valence-corrected chi connectivity index (χ3v) is 7.94. The molecule has 2 fully saturated rings. The molecule has 2 aliphatic rings. The van der Waals surface area contributed by atoms with Gasteiger partial charge in [-0.1, -0.05) is 19.3 Å². The molecule has 1 saturated heterocycles. The van der Waals surface area contributed by atoms with E-state index in [1.807, 2.05) is 17.2 Å². The summed E-state index contributed by atoms with van der Waals surface area (Å²) in [5, 5.41) is 1.00. The Kier molecular flexibility index (Phi) is 10.2. The number of ether oxygens (including phenoxy) is 3. The molecule has 1 amide bonds. The zero-order chi connectivity index (χ0) is 25.3. The molecule has 1 saturated carbocycles. The lowest BCUT2D eigenvalue weighted by Gasteiger charge is -2.36. The van der Waals surface area contributed by atoms with Crippen molar-refractivity contribution in [3.8, 4) is 0 Å². The van der Waals surface area contributed by atoms with Gasteiger partial charge in [-0.15, -0.1) is 0 Å². The summed E-state index contributed by atoms with van der Waals surface area (Å²) in [6.45, 7) is 3.44. The second-order valence-corrected chi connectivity index (χ2v) is 10.2. The maximum atomic E-state index is 13.9. The topological polar surface area (TPSA) is 89.8 Å². The normalized spacial score (nSPS) is 20.8. The molecule has 0 spiro atoms. The predicted molar refractivity (Wildman–Crippen MR) is 138 cm³/mol. The fraction of sp³-hybridized carbons (Fsp3) is 0.679. The first-order chi connectivity index (χ1) is 17.6. The van der Waals surface area contributed by atoms with Gasteiger partial charge in [-0.3, -0.25) is 4.79 Å². The first-order valence-corrected chi connectivity index (χ1v) is 13.6. The van der Waals surface area contributed by atoms with Crippen LogP contribution in [-0.2, 0) is 19.0 Å². The van der Waals surface area contributed by atoms with Gasteiger partial charge in [-0.05, 0) is 61.8 Å². The number of carbonyl (C=O) groups excluding carboxylic acids is 1. The number of nitrogens with two attached hydrogens (primary N) is 1. The lowest BCUT2D eigenvalue weighted by atomic mass is 9.83. The zero-order valence-corrected chi connectivity index (χ0v) is 21.6. The molecule has 4 rings (SSSR count). The van der Waals surface area contributed by atoms with E-state index in [2.05, 4.69) is 4.98 Å². The summed E-state index contributed by atoms with van der Waals surface area (Å²) in [7, 11) is 1.65. The summed E-state index contributed by atoms with van der Waals surface area (Å²) in [5.74, 6) is 0.181. The first-order valence-electron chi connectivity index (χ1n) is 13.6. The standard InChI is InChI=1S/C28H42FN3O4/c1-34-14-15-36-17-16-35-13-11-23(24-19-31-25-18-21(29)9-10-22(24)25)26-8-5-12-32(26)28(33)27(30)20-6-3-2-4-7-20/h9-10,18-20,23,26-27,31H,2-8,11-17,30H2,1H3. The molecule has 2 aromatic rings. The number of amides is 1. The van der Waals surface area contributed by atoms with Crippen LogP contribution in [-0.4, -0.2) is 74.6 Å². The number of methoxy groups -OCH3 is 1. The lowest BCUT2D eigenvalue weighted by molar-refractivity contribution is -0.135. The van der Waals surface area contributed by atoms with E-state index in [9.17, 15) is 9.18 Å². The van der Waals surface area contributed by atoms with Gasteiger partial charge in [0.15, 0.2) is 0 Å². The minimum atomic E-state index is -0.427. The van der Waals surface area contributed by atoms with Crippen molar-refractivity contribution in [2.24, 2.45) is 11.7 Å². The Hall–Kier alpha value is -2.00. The van der Waals surface area contributed by atoms with Crippen molar-refractivity contribution < 1.29 is 23.4 Å². The molecule has 200 valence electrons. The Morgan fingerprint density at radius 1 is 1.08 bits per heavy atom. The van der Waals surface area contributed by atoms with Crippen LogP contribution in [0.4, 0.5) is 4.39 Å². The highest BCUT2D eigenvalue weighted by Gasteiger charge is 2.39. The number of nitrogens with one attached hydrogen (secondary N) is 1. The molecule has 3 N–H and O–H groups in total. The van der Waals surface area contributed by atoms with Crippen LogP contribution in [0.1, 0.15) is 62.8 Å². The second-order valence-electron chi connectivity index (χ2n) is 10.2. The van der Waals surface area contributed by atoms with Crippen LogP contribution < -0.4 is 5.73 Å². The minimum absolute atomic E-state index is 0.0535. The van der Waals surface area contributed by atoms with Crippen LogP contribution in [0.15, 0.2) is 24.4 Å². The van der Waals surface area contributed by atoms with Crippen LogP contribution in [0.25, 0.3) is 10.9 Å².